The Morgan fingerprint density at radius 3 is 2.79 bits per heavy atom. The lowest BCUT2D eigenvalue weighted by molar-refractivity contribution is -0.131. The summed E-state index contributed by atoms with van der Waals surface area (Å²) < 4.78 is 0. The van der Waals surface area contributed by atoms with Gasteiger partial charge in [-0.05, 0) is 12.0 Å². The lowest BCUT2D eigenvalue weighted by Crippen LogP contribution is -2.49. The maximum Gasteiger partial charge on any atom is 0.325 e. The van der Waals surface area contributed by atoms with Crippen LogP contribution in [0, 0.1) is 0 Å². The third-order valence-electron chi connectivity index (χ3n) is 4.64. The monoisotopic (exact) mass is 342 g/mol. The van der Waals surface area contributed by atoms with Gasteiger partial charge in [-0.3, -0.25) is 19.6 Å². The summed E-state index contributed by atoms with van der Waals surface area (Å²) in [5, 5.41) is 2.94. The molecule has 4 rings (SSSR count). The Kier molecular flexibility index (Phi) is 3.82. The first-order chi connectivity index (χ1) is 11.7. The minimum absolute atomic E-state index is 0.114. The predicted octanol–water partition coefficient (Wildman–Crippen LogP) is 1.84. The number of nitrogens with one attached hydrogen (secondary N) is 1. The Hall–Kier alpha value is -2.25. The number of carbonyl (C=O) groups excluding carboxylic acids is 2. The molecule has 2 saturated heterocycles. The minimum atomic E-state index is -0.767. The molecule has 24 heavy (non-hydrogen) atoms. The van der Waals surface area contributed by atoms with Gasteiger partial charge in [0.1, 0.15) is 5.54 Å². The van der Waals surface area contributed by atoms with Gasteiger partial charge in [0.2, 0.25) is 0 Å². The summed E-state index contributed by atoms with van der Waals surface area (Å²) in [4.78, 5) is 33.6. The smallest absolute Gasteiger partial charge is 0.322 e. The van der Waals surface area contributed by atoms with Crippen molar-refractivity contribution in [2.75, 3.05) is 13.1 Å². The van der Waals surface area contributed by atoms with Gasteiger partial charge in [-0.25, -0.2) is 4.79 Å². The largest absolute Gasteiger partial charge is 0.325 e. The number of likely N-dealkylation sites (tertiary alicyclic amines) is 1. The van der Waals surface area contributed by atoms with Crippen LogP contribution in [-0.4, -0.2) is 45.4 Å². The number of hydrogen-bond acceptors (Lipinski definition) is 5. The first-order valence-corrected chi connectivity index (χ1v) is 8.82. The molecule has 1 aromatic heterocycles. The topological polar surface area (TPSA) is 65.5 Å². The third-order valence-corrected chi connectivity index (χ3v) is 5.41. The van der Waals surface area contributed by atoms with E-state index in [1.807, 2.05) is 18.2 Å². The van der Waals surface area contributed by atoms with E-state index in [2.05, 4.69) is 27.3 Å². The SMILES string of the molecule is O=C1NC2(CCN(Cc3ccccc3)C2)C(=O)N1Cc1cncs1. The van der Waals surface area contributed by atoms with Crippen LogP contribution in [-0.2, 0) is 17.9 Å². The molecule has 1 spiro atoms. The van der Waals surface area contributed by atoms with Gasteiger partial charge in [0, 0.05) is 30.7 Å². The summed E-state index contributed by atoms with van der Waals surface area (Å²) in [5.74, 6) is -0.114. The van der Waals surface area contributed by atoms with Crippen molar-refractivity contribution in [3.63, 3.8) is 0 Å². The number of rotatable bonds is 4. The van der Waals surface area contributed by atoms with E-state index in [1.54, 1.807) is 11.7 Å². The Bertz CT molecular complexity index is 749. The van der Waals surface area contributed by atoms with E-state index < -0.39 is 5.54 Å². The molecule has 0 aliphatic carbocycles. The summed E-state index contributed by atoms with van der Waals surface area (Å²) in [6.45, 7) is 2.46. The Balaban J connectivity index is 1.46. The van der Waals surface area contributed by atoms with Crippen molar-refractivity contribution in [2.24, 2.45) is 0 Å². The fraction of sp³-hybridized carbons (Fsp3) is 0.353. The fourth-order valence-corrected chi connectivity index (χ4v) is 4.02. The van der Waals surface area contributed by atoms with Crippen molar-refractivity contribution in [1.29, 1.82) is 0 Å². The number of imide groups is 1. The van der Waals surface area contributed by atoms with E-state index >= 15 is 0 Å². The summed E-state index contributed by atoms with van der Waals surface area (Å²) in [6.07, 6.45) is 2.36. The highest BCUT2D eigenvalue weighted by Gasteiger charge is 2.54. The van der Waals surface area contributed by atoms with Crippen LogP contribution in [0.25, 0.3) is 0 Å². The van der Waals surface area contributed by atoms with Crippen LogP contribution >= 0.6 is 11.3 Å². The van der Waals surface area contributed by atoms with Crippen molar-refractivity contribution in [3.05, 3.63) is 52.5 Å². The highest BCUT2D eigenvalue weighted by Crippen LogP contribution is 2.30. The predicted molar refractivity (Wildman–Crippen MR) is 90.3 cm³/mol. The van der Waals surface area contributed by atoms with Gasteiger partial charge in [-0.15, -0.1) is 11.3 Å². The average Bonchev–Trinajstić information content (AvgIpc) is 3.28. The molecule has 124 valence electrons. The second-order valence-electron chi connectivity index (χ2n) is 6.32. The van der Waals surface area contributed by atoms with Crippen LogP contribution in [0.5, 0.6) is 0 Å². The molecule has 2 aliphatic heterocycles. The molecular weight excluding hydrogens is 324 g/mol. The molecule has 1 aromatic carbocycles. The van der Waals surface area contributed by atoms with E-state index in [0.717, 1.165) is 18.0 Å². The lowest BCUT2D eigenvalue weighted by Gasteiger charge is -2.22. The number of nitrogens with zero attached hydrogens (tertiary/aromatic N) is 3. The van der Waals surface area contributed by atoms with Crippen LogP contribution in [0.3, 0.4) is 0 Å². The summed E-state index contributed by atoms with van der Waals surface area (Å²) in [5.41, 5.74) is 2.16. The van der Waals surface area contributed by atoms with Crippen molar-refractivity contribution in [3.8, 4) is 0 Å². The summed E-state index contributed by atoms with van der Waals surface area (Å²) in [6, 6.07) is 9.88. The zero-order valence-electron chi connectivity index (χ0n) is 13.1. The zero-order chi connectivity index (χ0) is 16.6. The molecule has 0 saturated carbocycles. The molecule has 0 bridgehead atoms. The van der Waals surface area contributed by atoms with Crippen LogP contribution in [0.1, 0.15) is 16.9 Å². The van der Waals surface area contributed by atoms with Crippen molar-refractivity contribution in [2.45, 2.75) is 25.0 Å². The van der Waals surface area contributed by atoms with Crippen molar-refractivity contribution < 1.29 is 9.59 Å². The van der Waals surface area contributed by atoms with E-state index in [1.165, 1.54) is 21.8 Å². The van der Waals surface area contributed by atoms with Gasteiger partial charge >= 0.3 is 6.03 Å². The van der Waals surface area contributed by atoms with Gasteiger partial charge in [0.25, 0.3) is 5.91 Å². The Morgan fingerprint density at radius 2 is 2.04 bits per heavy atom. The number of benzene rings is 1. The zero-order valence-corrected chi connectivity index (χ0v) is 14.0. The number of carbonyl (C=O) groups is 2. The highest BCUT2D eigenvalue weighted by molar-refractivity contribution is 7.09. The molecule has 1 N–H and O–H groups in total. The van der Waals surface area contributed by atoms with Crippen LogP contribution in [0.4, 0.5) is 4.79 Å². The van der Waals surface area contributed by atoms with Crippen LogP contribution in [0.15, 0.2) is 42.0 Å². The average molecular weight is 342 g/mol. The van der Waals surface area contributed by atoms with Gasteiger partial charge in [-0.2, -0.15) is 0 Å². The number of aromatic nitrogens is 1. The molecule has 3 amide bonds. The molecule has 0 radical (unpaired) electrons. The Morgan fingerprint density at radius 1 is 1.21 bits per heavy atom. The first-order valence-electron chi connectivity index (χ1n) is 7.94. The molecular formula is C17H18N4O2S. The number of amides is 3. The lowest BCUT2D eigenvalue weighted by atomic mass is 9.99. The maximum atomic E-state index is 12.9. The van der Waals surface area contributed by atoms with E-state index in [0.29, 0.717) is 19.5 Å². The summed E-state index contributed by atoms with van der Waals surface area (Å²) >= 11 is 1.45. The second kappa shape index (κ2) is 5.99. The molecule has 3 heterocycles. The normalized spacial score (nSPS) is 24.1. The minimum Gasteiger partial charge on any atom is -0.322 e. The standard InChI is InChI=1S/C17H18N4O2S/c22-15-17(19-16(23)21(15)10-14-8-18-12-24-14)6-7-20(11-17)9-13-4-2-1-3-5-13/h1-5,8,12H,6-7,9-11H2,(H,19,23). The second-order valence-corrected chi connectivity index (χ2v) is 7.29. The molecule has 1 atom stereocenters. The Labute approximate surface area is 144 Å². The van der Waals surface area contributed by atoms with Crippen molar-refractivity contribution in [1.82, 2.24) is 20.1 Å². The highest BCUT2D eigenvalue weighted by atomic mass is 32.1. The number of thiazole rings is 1. The molecule has 2 aromatic rings. The van der Waals surface area contributed by atoms with E-state index in [9.17, 15) is 9.59 Å². The molecule has 7 heteroatoms. The van der Waals surface area contributed by atoms with Gasteiger partial charge in [0.05, 0.1) is 12.1 Å². The first kappa shape index (κ1) is 15.3. The number of urea groups is 1. The number of hydrogen-bond donors (Lipinski definition) is 1. The fourth-order valence-electron chi connectivity index (χ4n) is 3.44. The van der Waals surface area contributed by atoms with Crippen LogP contribution < -0.4 is 5.32 Å². The van der Waals surface area contributed by atoms with Crippen LogP contribution in [0.2, 0.25) is 0 Å². The van der Waals surface area contributed by atoms with Gasteiger partial charge in [-0.1, -0.05) is 30.3 Å². The third kappa shape index (κ3) is 2.70. The van der Waals surface area contributed by atoms with E-state index in [4.69, 9.17) is 0 Å². The van der Waals surface area contributed by atoms with Crippen molar-refractivity contribution >= 4 is 23.3 Å². The quantitative estimate of drug-likeness (QED) is 0.861. The van der Waals surface area contributed by atoms with E-state index in [-0.39, 0.29) is 11.9 Å². The van der Waals surface area contributed by atoms with Gasteiger partial charge < -0.3 is 5.32 Å². The van der Waals surface area contributed by atoms with Gasteiger partial charge in [0.15, 0.2) is 0 Å². The summed E-state index contributed by atoms with van der Waals surface area (Å²) in [7, 11) is 0. The molecule has 6 nitrogen and oxygen atoms in total. The maximum absolute atomic E-state index is 12.9. The molecule has 1 unspecified atom stereocenters. The molecule has 2 fully saturated rings. The molecule has 2 aliphatic rings.